The average molecular weight is 499 g/mol. The molecule has 4 aliphatic rings. The highest BCUT2D eigenvalue weighted by atomic mass is 16.6. The Labute approximate surface area is 212 Å². The van der Waals surface area contributed by atoms with Gasteiger partial charge in [0, 0.05) is 18.1 Å². The van der Waals surface area contributed by atoms with Gasteiger partial charge in [0.25, 0.3) is 5.69 Å². The van der Waals surface area contributed by atoms with Crippen molar-refractivity contribution in [2.24, 2.45) is 40.4 Å². The zero-order valence-corrected chi connectivity index (χ0v) is 21.5. The number of nitro benzene ring substituents is 1. The minimum atomic E-state index is -0.605. The fourth-order valence-corrected chi connectivity index (χ4v) is 9.14. The van der Waals surface area contributed by atoms with Crippen LogP contribution in [0.1, 0.15) is 88.9 Å². The Morgan fingerprint density at radius 2 is 1.72 bits per heavy atom. The summed E-state index contributed by atoms with van der Waals surface area (Å²) in [6.07, 6.45) is 9.24. The van der Waals surface area contributed by atoms with Gasteiger partial charge in [-0.25, -0.2) is 4.79 Å². The second-order valence-electron chi connectivity index (χ2n) is 12.4. The molecule has 8 nitrogen and oxygen atoms in total. The third-order valence-corrected chi connectivity index (χ3v) is 10.9. The summed E-state index contributed by atoms with van der Waals surface area (Å²) in [5, 5.41) is 22.4. The minimum Gasteiger partial charge on any atom is -0.630 e. The molecule has 1 aromatic carbocycles. The van der Waals surface area contributed by atoms with Crippen LogP contribution >= 0.6 is 0 Å². The molecule has 2 N–H and O–H groups in total. The van der Waals surface area contributed by atoms with Crippen LogP contribution in [0, 0.1) is 55.7 Å². The molecule has 4 aliphatic carbocycles. The molecule has 0 heterocycles. The summed E-state index contributed by atoms with van der Waals surface area (Å²) in [5.41, 5.74) is 0.737. The smallest absolute Gasteiger partial charge is 0.338 e. The molecule has 0 radical (unpaired) electrons. The van der Waals surface area contributed by atoms with Gasteiger partial charge in [-0.1, -0.05) is 13.8 Å². The number of quaternary nitrogens is 1. The number of Topliss-reactive ketones (excluding diaryl/α,β-unsaturated/α-hetero) is 1. The molecule has 0 aromatic heterocycles. The van der Waals surface area contributed by atoms with Gasteiger partial charge >= 0.3 is 5.97 Å². The molecule has 4 saturated carbocycles. The number of benzene rings is 1. The molecule has 0 bridgehead atoms. The number of nitro groups is 1. The lowest BCUT2D eigenvalue weighted by Gasteiger charge is -2.61. The summed E-state index contributed by atoms with van der Waals surface area (Å²) in [4.78, 5) is 35.9. The Morgan fingerprint density at radius 3 is 2.42 bits per heavy atom. The van der Waals surface area contributed by atoms with Crippen LogP contribution in [0.2, 0.25) is 0 Å². The van der Waals surface area contributed by atoms with E-state index < -0.39 is 10.9 Å². The lowest BCUT2D eigenvalue weighted by atomic mass is 9.44. The van der Waals surface area contributed by atoms with Gasteiger partial charge in [-0.2, -0.15) is 0 Å². The van der Waals surface area contributed by atoms with Crippen molar-refractivity contribution >= 4 is 23.1 Å². The zero-order chi connectivity index (χ0) is 25.8. The van der Waals surface area contributed by atoms with Crippen LogP contribution < -0.4 is 5.48 Å². The van der Waals surface area contributed by atoms with E-state index in [-0.39, 0.29) is 39.8 Å². The maximum Gasteiger partial charge on any atom is 0.338 e. The molecule has 4 fully saturated rings. The summed E-state index contributed by atoms with van der Waals surface area (Å²) in [6.45, 7) is 6.60. The zero-order valence-electron chi connectivity index (χ0n) is 21.5. The molecule has 0 amide bonds. The van der Waals surface area contributed by atoms with Gasteiger partial charge in [0.1, 0.15) is 17.6 Å². The Balaban J connectivity index is 1.28. The number of ketones is 1. The Bertz CT molecular complexity index is 1070. The summed E-state index contributed by atoms with van der Waals surface area (Å²) < 4.78 is 5.85. The third-order valence-electron chi connectivity index (χ3n) is 10.9. The number of ether oxygens (including phenoxy) is 1. The number of rotatable bonds is 5. The average Bonchev–Trinajstić information content (AvgIpc) is 3.21. The van der Waals surface area contributed by atoms with E-state index in [1.54, 1.807) is 6.92 Å². The monoisotopic (exact) mass is 498 g/mol. The maximum absolute atomic E-state index is 12.9. The van der Waals surface area contributed by atoms with Crippen molar-refractivity contribution in [1.82, 2.24) is 0 Å². The molecule has 3 unspecified atom stereocenters. The van der Waals surface area contributed by atoms with E-state index in [2.05, 4.69) is 13.8 Å². The highest BCUT2D eigenvalue weighted by Gasteiger charge is 2.61. The fourth-order valence-electron chi connectivity index (χ4n) is 9.14. The van der Waals surface area contributed by atoms with Crippen LogP contribution in [-0.2, 0) is 9.53 Å². The van der Waals surface area contributed by atoms with E-state index in [0.717, 1.165) is 44.6 Å². The van der Waals surface area contributed by atoms with Crippen LogP contribution in [0.3, 0.4) is 0 Å². The van der Waals surface area contributed by atoms with Crippen molar-refractivity contribution in [3.63, 3.8) is 0 Å². The van der Waals surface area contributed by atoms with Crippen molar-refractivity contribution in [1.29, 1.82) is 0 Å². The van der Waals surface area contributed by atoms with E-state index in [1.165, 1.54) is 31.4 Å². The van der Waals surface area contributed by atoms with Gasteiger partial charge in [0.2, 0.25) is 0 Å². The summed E-state index contributed by atoms with van der Waals surface area (Å²) in [6, 6.07) is 3.70. The Hall–Kier alpha value is -2.32. The number of non-ortho nitro benzene ring substituents is 1. The Kier molecular flexibility index (Phi) is 6.48. The highest BCUT2D eigenvalue weighted by Crippen LogP contribution is 2.67. The second-order valence-corrected chi connectivity index (χ2v) is 12.4. The summed E-state index contributed by atoms with van der Waals surface area (Å²) >= 11 is 0. The number of hydrogen-bond acceptors (Lipinski definition) is 6. The molecule has 0 saturated heterocycles. The van der Waals surface area contributed by atoms with Crippen molar-refractivity contribution in [2.75, 3.05) is 0 Å². The van der Waals surface area contributed by atoms with E-state index >= 15 is 0 Å². The number of nitrogens with two attached hydrogens (primary N) is 1. The molecule has 8 heteroatoms. The molecule has 1 aromatic rings. The summed E-state index contributed by atoms with van der Waals surface area (Å²) in [5.74, 6) is 2.44. The fraction of sp³-hybridized carbons (Fsp3) is 0.714. The van der Waals surface area contributed by atoms with Crippen molar-refractivity contribution in [3.8, 4) is 0 Å². The molecule has 8 atom stereocenters. The maximum atomic E-state index is 12.9. The van der Waals surface area contributed by atoms with Gasteiger partial charge in [-0.15, -0.1) is 0 Å². The molecular weight excluding hydrogens is 460 g/mol. The van der Waals surface area contributed by atoms with Crippen LogP contribution in [0.25, 0.3) is 0 Å². The van der Waals surface area contributed by atoms with Gasteiger partial charge in [0.15, 0.2) is 0 Å². The number of nitrogens with zero attached hydrogens (tertiary/aromatic N) is 1. The first-order valence-electron chi connectivity index (χ1n) is 13.5. The van der Waals surface area contributed by atoms with E-state index in [9.17, 15) is 24.9 Å². The predicted octanol–water partition coefficient (Wildman–Crippen LogP) is 5.06. The molecule has 0 spiro atoms. The lowest BCUT2D eigenvalue weighted by Crippen LogP contribution is -2.70. The van der Waals surface area contributed by atoms with Gasteiger partial charge in [-0.3, -0.25) is 14.9 Å². The van der Waals surface area contributed by atoms with Gasteiger partial charge < -0.3 is 15.4 Å². The topological polar surface area (TPSA) is 126 Å². The predicted molar refractivity (Wildman–Crippen MR) is 133 cm³/mol. The third kappa shape index (κ3) is 4.06. The molecule has 196 valence electrons. The van der Waals surface area contributed by atoms with Crippen LogP contribution in [0.15, 0.2) is 18.2 Å². The van der Waals surface area contributed by atoms with Crippen LogP contribution in [0.5, 0.6) is 0 Å². The molecular formula is C28H38N2O6. The van der Waals surface area contributed by atoms with E-state index in [4.69, 9.17) is 4.74 Å². The SMILES string of the molecule is CC(=O)[C@H]1CCC2C3CC[C@H]4C[C@H](OC(=O)c5cc([NH2+][O-])cc([N+](=O)[O-])c5)CC[C@]4(C)C3CC[C@@]21C. The molecule has 36 heavy (non-hydrogen) atoms. The highest BCUT2D eigenvalue weighted by molar-refractivity contribution is 5.91. The quantitative estimate of drug-likeness (QED) is 0.262. The number of hydrogen-bond donors (Lipinski definition) is 1. The minimum absolute atomic E-state index is 0.0520. The first-order chi connectivity index (χ1) is 17.1. The summed E-state index contributed by atoms with van der Waals surface area (Å²) in [7, 11) is 0. The number of fused-ring (bicyclic) bond motifs is 5. The van der Waals surface area contributed by atoms with Crippen LogP contribution in [-0.4, -0.2) is 22.8 Å². The molecule has 0 aliphatic heterocycles. The van der Waals surface area contributed by atoms with Crippen LogP contribution in [0.4, 0.5) is 11.4 Å². The Morgan fingerprint density at radius 1 is 1.00 bits per heavy atom. The lowest BCUT2D eigenvalue weighted by molar-refractivity contribution is -0.497. The standard InChI is InChI=1S/C28H38N2O6/c1-16(31)23-6-7-24-22-5-4-18-14-21(8-10-27(18,2)25(22)9-11-28(23,24)3)36-26(32)17-12-19(29-33)15-20(13-17)30(34)35/h12-13,15,18,21-25H,4-11,14,29H2,1-3H3/t18-,21+,22?,23+,24?,25?,27-,28+/m0/s1. The first-order valence-corrected chi connectivity index (χ1v) is 13.5. The van der Waals surface area contributed by atoms with Gasteiger partial charge in [-0.05, 0) is 99.2 Å². The van der Waals surface area contributed by atoms with E-state index in [0.29, 0.717) is 34.9 Å². The number of carbonyl (C=O) groups is 2. The van der Waals surface area contributed by atoms with Gasteiger partial charge in [0.05, 0.1) is 16.6 Å². The molecule has 5 rings (SSSR count). The van der Waals surface area contributed by atoms with Crippen molar-refractivity contribution in [3.05, 3.63) is 39.1 Å². The number of esters is 1. The first kappa shape index (κ1) is 25.3. The largest absolute Gasteiger partial charge is 0.630 e. The van der Waals surface area contributed by atoms with Crippen molar-refractivity contribution in [2.45, 2.75) is 84.7 Å². The van der Waals surface area contributed by atoms with Crippen molar-refractivity contribution < 1.29 is 24.7 Å². The number of carbonyl (C=O) groups excluding carboxylic acids is 2. The second kappa shape index (κ2) is 9.21. The normalized spacial score (nSPS) is 39.4. The van der Waals surface area contributed by atoms with E-state index in [1.807, 2.05) is 0 Å².